The van der Waals surface area contributed by atoms with Gasteiger partial charge < -0.3 is 10.4 Å². The number of fused-ring (bicyclic) bond motifs is 1. The van der Waals surface area contributed by atoms with E-state index in [1.54, 1.807) is 29.6 Å². The largest absolute Gasteiger partial charge is 0.375 e. The number of thiophene rings is 1. The Bertz CT molecular complexity index is 693. The minimum atomic E-state index is -1.78. The van der Waals surface area contributed by atoms with E-state index in [0.29, 0.717) is 16.1 Å². The van der Waals surface area contributed by atoms with Crippen LogP contribution in [0.5, 0.6) is 0 Å². The van der Waals surface area contributed by atoms with Crippen molar-refractivity contribution >= 4 is 28.7 Å². The molecule has 0 spiro atoms. The quantitative estimate of drug-likeness (QED) is 0.852. The van der Waals surface area contributed by atoms with E-state index in [-0.39, 0.29) is 12.2 Å². The fourth-order valence-corrected chi connectivity index (χ4v) is 3.05. The van der Waals surface area contributed by atoms with Crippen LogP contribution in [0.1, 0.15) is 27.2 Å². The van der Waals surface area contributed by atoms with Crippen LogP contribution < -0.4 is 5.32 Å². The van der Waals surface area contributed by atoms with Crippen LogP contribution in [0.3, 0.4) is 0 Å². The van der Waals surface area contributed by atoms with Gasteiger partial charge in [-0.2, -0.15) is 0 Å². The van der Waals surface area contributed by atoms with Crippen LogP contribution in [0.4, 0.5) is 5.69 Å². The summed E-state index contributed by atoms with van der Waals surface area (Å²) in [5, 5.41) is 15.1. The fraction of sp³-hybridized carbons (Fsp3) is 0.200. The van der Waals surface area contributed by atoms with Crippen molar-refractivity contribution in [2.24, 2.45) is 0 Å². The molecule has 0 unspecified atom stereocenters. The van der Waals surface area contributed by atoms with E-state index >= 15 is 0 Å². The molecule has 5 heteroatoms. The lowest BCUT2D eigenvalue weighted by molar-refractivity contribution is -0.133. The molecular formula is C15H13NO3S. The van der Waals surface area contributed by atoms with E-state index in [0.717, 1.165) is 5.56 Å². The second kappa shape index (κ2) is 4.54. The van der Waals surface area contributed by atoms with E-state index in [4.69, 9.17) is 0 Å². The number of hydrogen-bond acceptors (Lipinski definition) is 4. The van der Waals surface area contributed by atoms with E-state index in [1.165, 1.54) is 11.3 Å². The molecule has 1 aliphatic heterocycles. The Morgan fingerprint density at radius 1 is 1.40 bits per heavy atom. The first-order chi connectivity index (χ1) is 9.50. The number of hydrogen-bond donors (Lipinski definition) is 2. The molecule has 1 amide bonds. The molecule has 2 aromatic rings. The third-order valence-corrected chi connectivity index (χ3v) is 4.37. The zero-order valence-corrected chi connectivity index (χ0v) is 11.7. The van der Waals surface area contributed by atoms with Gasteiger partial charge in [0.2, 0.25) is 0 Å². The predicted octanol–water partition coefficient (Wildman–Crippen LogP) is 2.47. The number of anilines is 1. The zero-order valence-electron chi connectivity index (χ0n) is 10.8. The van der Waals surface area contributed by atoms with Crippen molar-refractivity contribution in [1.29, 1.82) is 0 Å². The van der Waals surface area contributed by atoms with E-state index in [1.807, 2.05) is 13.0 Å². The Hall–Kier alpha value is -1.98. The van der Waals surface area contributed by atoms with Gasteiger partial charge in [-0.1, -0.05) is 23.8 Å². The SMILES string of the molecule is Cc1ccc2c(c1)[C@](O)(CC(=O)c1cccs1)C(=O)N2. The minimum absolute atomic E-state index is 0.230. The summed E-state index contributed by atoms with van der Waals surface area (Å²) >= 11 is 1.31. The molecule has 0 fully saturated rings. The molecule has 1 atom stereocenters. The Labute approximate surface area is 120 Å². The Kier molecular flexibility index (Phi) is 2.96. The van der Waals surface area contributed by atoms with E-state index < -0.39 is 11.5 Å². The van der Waals surface area contributed by atoms with Crippen LogP contribution in [-0.4, -0.2) is 16.8 Å². The highest BCUT2D eigenvalue weighted by Gasteiger charge is 2.46. The Balaban J connectivity index is 1.98. The molecule has 4 nitrogen and oxygen atoms in total. The normalized spacial score (nSPS) is 20.6. The lowest BCUT2D eigenvalue weighted by atomic mass is 9.89. The summed E-state index contributed by atoms with van der Waals surface area (Å²) in [6, 6.07) is 8.81. The number of amides is 1. The van der Waals surface area contributed by atoms with E-state index in [9.17, 15) is 14.7 Å². The van der Waals surface area contributed by atoms with Gasteiger partial charge in [0.15, 0.2) is 11.4 Å². The maximum Gasteiger partial charge on any atom is 0.261 e. The highest BCUT2D eigenvalue weighted by molar-refractivity contribution is 7.12. The van der Waals surface area contributed by atoms with Crippen LogP contribution in [-0.2, 0) is 10.4 Å². The number of aliphatic hydroxyl groups is 1. The molecule has 1 aromatic carbocycles. The number of aryl methyl sites for hydroxylation is 1. The third kappa shape index (κ3) is 1.95. The first kappa shape index (κ1) is 13.0. The second-order valence-electron chi connectivity index (χ2n) is 4.94. The number of rotatable bonds is 3. The topological polar surface area (TPSA) is 66.4 Å². The van der Waals surface area contributed by atoms with Crippen molar-refractivity contribution in [2.45, 2.75) is 18.9 Å². The highest BCUT2D eigenvalue weighted by atomic mass is 32.1. The van der Waals surface area contributed by atoms with Crippen molar-refractivity contribution in [1.82, 2.24) is 0 Å². The first-order valence-electron chi connectivity index (χ1n) is 6.22. The average molecular weight is 287 g/mol. The van der Waals surface area contributed by atoms with Gasteiger partial charge in [0.25, 0.3) is 5.91 Å². The summed E-state index contributed by atoms with van der Waals surface area (Å²) in [7, 11) is 0. The van der Waals surface area contributed by atoms with Crippen molar-refractivity contribution in [2.75, 3.05) is 5.32 Å². The third-order valence-electron chi connectivity index (χ3n) is 3.46. The van der Waals surface area contributed by atoms with Gasteiger partial charge in [-0.05, 0) is 24.4 Å². The summed E-state index contributed by atoms with van der Waals surface area (Å²) in [6.45, 7) is 1.88. The van der Waals surface area contributed by atoms with Gasteiger partial charge in [-0.25, -0.2) is 0 Å². The number of ketones is 1. The number of carbonyl (C=O) groups excluding carboxylic acids is 2. The predicted molar refractivity (Wildman–Crippen MR) is 77.0 cm³/mol. The van der Waals surface area contributed by atoms with Crippen molar-refractivity contribution in [3.05, 3.63) is 51.7 Å². The van der Waals surface area contributed by atoms with Crippen molar-refractivity contribution < 1.29 is 14.7 Å². The van der Waals surface area contributed by atoms with Crippen LogP contribution in [0.25, 0.3) is 0 Å². The van der Waals surface area contributed by atoms with Crippen molar-refractivity contribution in [3.63, 3.8) is 0 Å². The Morgan fingerprint density at radius 3 is 2.90 bits per heavy atom. The molecule has 1 aromatic heterocycles. The molecule has 0 bridgehead atoms. The molecule has 102 valence electrons. The molecule has 0 radical (unpaired) electrons. The first-order valence-corrected chi connectivity index (χ1v) is 7.10. The molecular weight excluding hydrogens is 274 g/mol. The number of carbonyl (C=O) groups is 2. The summed E-state index contributed by atoms with van der Waals surface area (Å²) < 4.78 is 0. The van der Waals surface area contributed by atoms with Crippen molar-refractivity contribution in [3.8, 4) is 0 Å². The molecule has 2 heterocycles. The summed E-state index contributed by atoms with van der Waals surface area (Å²) in [5.41, 5.74) is 0.208. The van der Waals surface area contributed by atoms with Gasteiger partial charge in [0.1, 0.15) is 0 Å². The Morgan fingerprint density at radius 2 is 2.20 bits per heavy atom. The van der Waals surface area contributed by atoms with E-state index in [2.05, 4.69) is 5.32 Å². The number of nitrogens with one attached hydrogen (secondary N) is 1. The minimum Gasteiger partial charge on any atom is -0.375 e. The maximum atomic E-state index is 12.2. The number of benzene rings is 1. The molecule has 0 aliphatic carbocycles. The molecule has 2 N–H and O–H groups in total. The molecule has 1 aliphatic rings. The van der Waals surface area contributed by atoms with Crippen LogP contribution in [0, 0.1) is 6.92 Å². The molecule has 20 heavy (non-hydrogen) atoms. The van der Waals surface area contributed by atoms with Gasteiger partial charge in [-0.3, -0.25) is 9.59 Å². The summed E-state index contributed by atoms with van der Waals surface area (Å²) in [5.74, 6) is -0.769. The van der Waals surface area contributed by atoms with Gasteiger partial charge in [-0.15, -0.1) is 11.3 Å². The summed E-state index contributed by atoms with van der Waals surface area (Å²) in [4.78, 5) is 24.8. The maximum absolute atomic E-state index is 12.2. The van der Waals surface area contributed by atoms with Crippen LogP contribution in [0.2, 0.25) is 0 Å². The summed E-state index contributed by atoms with van der Waals surface area (Å²) in [6.07, 6.45) is -0.240. The lowest BCUT2D eigenvalue weighted by Gasteiger charge is -2.19. The van der Waals surface area contributed by atoms with Gasteiger partial charge in [0.05, 0.1) is 11.3 Å². The second-order valence-corrected chi connectivity index (χ2v) is 5.89. The van der Waals surface area contributed by atoms with Gasteiger partial charge >= 0.3 is 0 Å². The standard InChI is InChI=1S/C15H13NO3S/c1-9-4-5-11-10(7-9)15(19,14(18)16-11)8-12(17)13-3-2-6-20-13/h2-7,19H,8H2,1H3,(H,16,18)/t15-/m1/s1. The molecule has 3 rings (SSSR count). The molecule has 0 saturated carbocycles. The smallest absolute Gasteiger partial charge is 0.261 e. The lowest BCUT2D eigenvalue weighted by Crippen LogP contribution is -2.36. The monoisotopic (exact) mass is 287 g/mol. The van der Waals surface area contributed by atoms with Gasteiger partial charge in [0, 0.05) is 11.3 Å². The number of Topliss-reactive ketones (excluding diaryl/α,β-unsaturated/α-hetero) is 1. The zero-order chi connectivity index (χ0) is 14.3. The highest BCUT2D eigenvalue weighted by Crippen LogP contribution is 2.39. The molecule has 0 saturated heterocycles. The fourth-order valence-electron chi connectivity index (χ4n) is 2.39. The average Bonchev–Trinajstić information content (AvgIpc) is 3.00. The van der Waals surface area contributed by atoms with Crippen LogP contribution in [0.15, 0.2) is 35.7 Å². The van der Waals surface area contributed by atoms with Crippen LogP contribution >= 0.6 is 11.3 Å².